The van der Waals surface area contributed by atoms with E-state index in [9.17, 15) is 0 Å². The topological polar surface area (TPSA) is 40.5 Å². The van der Waals surface area contributed by atoms with Crippen LogP contribution in [0.1, 0.15) is 13.3 Å². The van der Waals surface area contributed by atoms with Crippen LogP contribution in [0.15, 0.2) is 12.2 Å². The Kier molecular flexibility index (Phi) is 3.09. The summed E-state index contributed by atoms with van der Waals surface area (Å²) in [6, 6.07) is 0. The van der Waals surface area contributed by atoms with Gasteiger partial charge in [-0.25, -0.2) is 0 Å². The van der Waals surface area contributed by atoms with Crippen LogP contribution in [0.2, 0.25) is 0 Å². The van der Waals surface area contributed by atoms with Crippen molar-refractivity contribution in [2.75, 3.05) is 13.2 Å². The van der Waals surface area contributed by atoms with Crippen LogP contribution in [-0.2, 0) is 0 Å². The first kappa shape index (κ1) is 8.75. The molecule has 0 fully saturated rings. The molecule has 0 aromatic rings. The van der Waals surface area contributed by atoms with Crippen LogP contribution >= 0.6 is 0 Å². The molecule has 0 aliphatic heterocycles. The molecule has 0 saturated carbocycles. The van der Waals surface area contributed by atoms with Gasteiger partial charge in [-0.2, -0.15) is 0 Å². The minimum Gasteiger partial charge on any atom is -0.396 e. The lowest BCUT2D eigenvalue weighted by Gasteiger charge is -2.30. The predicted octanol–water partition coefficient (Wildman–Crippen LogP) is 0.799. The molecule has 64 valence electrons. The smallest absolute Gasteiger partial charge is 0.0468 e. The molecule has 3 unspecified atom stereocenters. The zero-order valence-corrected chi connectivity index (χ0v) is 6.90. The average Bonchev–Trinajstić information content (AvgIpc) is 2.04. The molecule has 11 heavy (non-hydrogen) atoms. The largest absolute Gasteiger partial charge is 0.396 e. The van der Waals surface area contributed by atoms with Crippen LogP contribution in [0.3, 0.4) is 0 Å². The zero-order chi connectivity index (χ0) is 8.27. The fourth-order valence-corrected chi connectivity index (χ4v) is 1.74. The van der Waals surface area contributed by atoms with E-state index in [2.05, 4.69) is 19.1 Å². The summed E-state index contributed by atoms with van der Waals surface area (Å²) in [7, 11) is 0. The van der Waals surface area contributed by atoms with Gasteiger partial charge < -0.3 is 10.2 Å². The first-order chi connectivity index (χ1) is 5.29. The Morgan fingerprint density at radius 3 is 2.55 bits per heavy atom. The summed E-state index contributed by atoms with van der Waals surface area (Å²) in [5.41, 5.74) is 0. The average molecular weight is 156 g/mol. The fraction of sp³-hybridized carbons (Fsp3) is 0.778. The summed E-state index contributed by atoms with van der Waals surface area (Å²) in [5.74, 6) is 0.927. The van der Waals surface area contributed by atoms with E-state index >= 15 is 0 Å². The summed E-state index contributed by atoms with van der Waals surface area (Å²) >= 11 is 0. The Balaban J connectivity index is 2.60. The maximum atomic E-state index is 9.02. The molecule has 0 aromatic heterocycles. The van der Waals surface area contributed by atoms with Gasteiger partial charge >= 0.3 is 0 Å². The maximum Gasteiger partial charge on any atom is 0.0468 e. The van der Waals surface area contributed by atoms with E-state index in [1.807, 2.05) is 0 Å². The van der Waals surface area contributed by atoms with Crippen LogP contribution in [-0.4, -0.2) is 23.4 Å². The molecule has 3 atom stereocenters. The second kappa shape index (κ2) is 3.88. The molecule has 0 spiro atoms. The first-order valence-corrected chi connectivity index (χ1v) is 4.18. The Labute approximate surface area is 67.6 Å². The maximum absolute atomic E-state index is 9.02. The van der Waals surface area contributed by atoms with Gasteiger partial charge in [-0.3, -0.25) is 0 Å². The predicted molar refractivity (Wildman–Crippen MR) is 44.1 cm³/mol. The molecule has 0 bridgehead atoms. The van der Waals surface area contributed by atoms with Gasteiger partial charge in [0.25, 0.3) is 0 Å². The van der Waals surface area contributed by atoms with Gasteiger partial charge in [0.15, 0.2) is 0 Å². The van der Waals surface area contributed by atoms with E-state index in [1.165, 1.54) is 0 Å². The third kappa shape index (κ3) is 1.82. The van der Waals surface area contributed by atoms with Crippen molar-refractivity contribution < 1.29 is 10.2 Å². The second-order valence-electron chi connectivity index (χ2n) is 3.31. The van der Waals surface area contributed by atoms with Crippen molar-refractivity contribution in [3.05, 3.63) is 12.2 Å². The lowest BCUT2D eigenvalue weighted by Crippen LogP contribution is -2.29. The third-order valence-corrected chi connectivity index (χ3v) is 2.60. The van der Waals surface area contributed by atoms with E-state index in [0.717, 1.165) is 6.42 Å². The van der Waals surface area contributed by atoms with Crippen molar-refractivity contribution in [3.63, 3.8) is 0 Å². The molecule has 1 aliphatic carbocycles. The molecule has 0 saturated heterocycles. The molecule has 1 aliphatic rings. The summed E-state index contributed by atoms with van der Waals surface area (Å²) in [5, 5.41) is 18.0. The summed E-state index contributed by atoms with van der Waals surface area (Å²) < 4.78 is 0. The quantitative estimate of drug-likeness (QED) is 0.580. The Hall–Kier alpha value is -0.340. The molecule has 2 heteroatoms. The molecule has 2 N–H and O–H groups in total. The highest BCUT2D eigenvalue weighted by Crippen LogP contribution is 2.29. The van der Waals surface area contributed by atoms with E-state index in [4.69, 9.17) is 10.2 Å². The van der Waals surface area contributed by atoms with Gasteiger partial charge in [0.2, 0.25) is 0 Å². The highest BCUT2D eigenvalue weighted by molar-refractivity contribution is 4.98. The van der Waals surface area contributed by atoms with Crippen LogP contribution in [0.4, 0.5) is 0 Å². The summed E-state index contributed by atoms with van der Waals surface area (Å²) in [6.45, 7) is 2.47. The lowest BCUT2D eigenvalue weighted by molar-refractivity contribution is 0.0932. The SMILES string of the molecule is CC1C=CCC(CO)C1CO. The van der Waals surface area contributed by atoms with Crippen LogP contribution in [0.5, 0.6) is 0 Å². The second-order valence-corrected chi connectivity index (χ2v) is 3.31. The highest BCUT2D eigenvalue weighted by Gasteiger charge is 2.26. The van der Waals surface area contributed by atoms with Crippen LogP contribution in [0, 0.1) is 17.8 Å². The van der Waals surface area contributed by atoms with Crippen molar-refractivity contribution >= 4 is 0 Å². The van der Waals surface area contributed by atoms with E-state index in [1.54, 1.807) is 0 Å². The number of hydrogen-bond acceptors (Lipinski definition) is 2. The number of aliphatic hydroxyl groups excluding tert-OH is 2. The Morgan fingerprint density at radius 2 is 2.09 bits per heavy atom. The fourth-order valence-electron chi connectivity index (χ4n) is 1.74. The monoisotopic (exact) mass is 156 g/mol. The normalized spacial score (nSPS) is 37.5. The molecule has 0 amide bonds. The van der Waals surface area contributed by atoms with Crippen molar-refractivity contribution in [2.45, 2.75) is 13.3 Å². The number of hydrogen-bond donors (Lipinski definition) is 2. The lowest BCUT2D eigenvalue weighted by atomic mass is 9.77. The Morgan fingerprint density at radius 1 is 1.36 bits per heavy atom. The third-order valence-electron chi connectivity index (χ3n) is 2.60. The van der Waals surface area contributed by atoms with Crippen molar-refractivity contribution in [3.8, 4) is 0 Å². The molecule has 0 heterocycles. The van der Waals surface area contributed by atoms with Gasteiger partial charge in [0.1, 0.15) is 0 Å². The van der Waals surface area contributed by atoms with Gasteiger partial charge in [-0.1, -0.05) is 19.1 Å². The molecule has 2 nitrogen and oxygen atoms in total. The van der Waals surface area contributed by atoms with E-state index in [0.29, 0.717) is 5.92 Å². The van der Waals surface area contributed by atoms with Crippen LogP contribution < -0.4 is 0 Å². The Bertz CT molecular complexity index is 142. The molecule has 0 radical (unpaired) electrons. The van der Waals surface area contributed by atoms with Crippen LogP contribution in [0.25, 0.3) is 0 Å². The molecule has 1 rings (SSSR count). The summed E-state index contributed by atoms with van der Waals surface area (Å²) in [4.78, 5) is 0. The highest BCUT2D eigenvalue weighted by atomic mass is 16.3. The number of rotatable bonds is 2. The minimum absolute atomic E-state index is 0.191. The van der Waals surface area contributed by atoms with E-state index < -0.39 is 0 Å². The molecular formula is C9H16O2. The van der Waals surface area contributed by atoms with Crippen molar-refractivity contribution in [1.82, 2.24) is 0 Å². The van der Waals surface area contributed by atoms with Crippen molar-refractivity contribution in [1.29, 1.82) is 0 Å². The van der Waals surface area contributed by atoms with Gasteiger partial charge in [0, 0.05) is 13.2 Å². The van der Waals surface area contributed by atoms with Gasteiger partial charge in [-0.15, -0.1) is 0 Å². The number of allylic oxidation sites excluding steroid dienone is 2. The zero-order valence-electron chi connectivity index (χ0n) is 6.90. The first-order valence-electron chi connectivity index (χ1n) is 4.18. The number of aliphatic hydroxyl groups is 2. The van der Waals surface area contributed by atoms with Gasteiger partial charge in [-0.05, 0) is 24.2 Å². The van der Waals surface area contributed by atoms with Crippen molar-refractivity contribution in [2.24, 2.45) is 17.8 Å². The summed E-state index contributed by atoms with van der Waals surface area (Å²) in [6.07, 6.45) is 5.12. The van der Waals surface area contributed by atoms with E-state index in [-0.39, 0.29) is 25.0 Å². The minimum atomic E-state index is 0.191. The molecular weight excluding hydrogens is 140 g/mol. The standard InChI is InChI=1S/C9H16O2/c1-7-3-2-4-8(5-10)9(7)6-11/h2-3,7-11H,4-6H2,1H3. The molecule has 0 aromatic carbocycles. The van der Waals surface area contributed by atoms with Gasteiger partial charge in [0.05, 0.1) is 0 Å².